The number of ether oxygens (including phenoxy) is 2. The number of nitrogens with zero attached hydrogens (tertiary/aromatic N) is 1. The van der Waals surface area contributed by atoms with Crippen LogP contribution >= 0.6 is 0 Å². The van der Waals surface area contributed by atoms with Gasteiger partial charge in [-0.1, -0.05) is 30.3 Å². The highest BCUT2D eigenvalue weighted by Gasteiger charge is 2.36. The van der Waals surface area contributed by atoms with E-state index in [1.807, 2.05) is 18.2 Å². The molecule has 2 aromatic rings. The van der Waals surface area contributed by atoms with E-state index < -0.39 is 11.8 Å². The standard InChI is InChI=1S/C26H30N2O6/c1-3-33-24(30)13-9-14-28-25(31)20-16-22(27-18(2)29)23(17-21(20)26(28)32)34-15-8-7-12-19-10-5-4-6-11-19/h4-6,10-11,16-17H,3,7-9,12-15H2,1-2H3,(H,27,29). The van der Waals surface area contributed by atoms with E-state index in [2.05, 4.69) is 17.4 Å². The van der Waals surface area contributed by atoms with E-state index in [1.54, 1.807) is 6.92 Å². The lowest BCUT2D eigenvalue weighted by molar-refractivity contribution is -0.143. The molecule has 1 N–H and O–H groups in total. The van der Waals surface area contributed by atoms with Gasteiger partial charge in [0.05, 0.1) is 30.0 Å². The van der Waals surface area contributed by atoms with Crippen molar-refractivity contribution in [3.63, 3.8) is 0 Å². The first-order chi connectivity index (χ1) is 16.4. The topological polar surface area (TPSA) is 102 Å². The fourth-order valence-corrected chi connectivity index (χ4v) is 3.80. The molecule has 0 spiro atoms. The summed E-state index contributed by atoms with van der Waals surface area (Å²) in [6.45, 7) is 3.88. The molecule has 3 amide bonds. The molecule has 3 rings (SSSR count). The molecule has 180 valence electrons. The van der Waals surface area contributed by atoms with Crippen LogP contribution in [-0.2, 0) is 20.7 Å². The number of benzene rings is 2. The first-order valence-corrected chi connectivity index (χ1v) is 11.5. The predicted molar refractivity (Wildman–Crippen MR) is 127 cm³/mol. The summed E-state index contributed by atoms with van der Waals surface area (Å²) >= 11 is 0. The van der Waals surface area contributed by atoms with E-state index in [1.165, 1.54) is 24.6 Å². The number of imide groups is 1. The van der Waals surface area contributed by atoms with Crippen LogP contribution in [0.1, 0.15) is 65.8 Å². The molecule has 0 aromatic heterocycles. The molecule has 0 atom stereocenters. The van der Waals surface area contributed by atoms with Crippen molar-refractivity contribution in [3.8, 4) is 5.75 Å². The smallest absolute Gasteiger partial charge is 0.305 e. The number of unbranched alkanes of at least 4 members (excludes halogenated alkanes) is 1. The summed E-state index contributed by atoms with van der Waals surface area (Å²) in [5, 5.41) is 2.69. The fraction of sp³-hybridized carbons (Fsp3) is 0.385. The lowest BCUT2D eigenvalue weighted by Gasteiger charge is -2.13. The van der Waals surface area contributed by atoms with Gasteiger partial charge in [-0.25, -0.2) is 0 Å². The Morgan fingerprint density at radius 2 is 1.68 bits per heavy atom. The van der Waals surface area contributed by atoms with Crippen LogP contribution in [0.15, 0.2) is 42.5 Å². The number of carbonyl (C=O) groups is 4. The maximum Gasteiger partial charge on any atom is 0.305 e. The molecular weight excluding hydrogens is 436 g/mol. The minimum absolute atomic E-state index is 0.107. The number of amides is 3. The monoisotopic (exact) mass is 466 g/mol. The first-order valence-electron chi connectivity index (χ1n) is 11.5. The van der Waals surface area contributed by atoms with Crippen LogP contribution in [0, 0.1) is 0 Å². The Balaban J connectivity index is 1.65. The second kappa shape index (κ2) is 12.0. The van der Waals surface area contributed by atoms with Gasteiger partial charge in [0, 0.05) is 19.9 Å². The Morgan fingerprint density at radius 3 is 2.35 bits per heavy atom. The van der Waals surface area contributed by atoms with Crippen LogP contribution < -0.4 is 10.1 Å². The van der Waals surface area contributed by atoms with E-state index >= 15 is 0 Å². The maximum atomic E-state index is 12.9. The zero-order chi connectivity index (χ0) is 24.5. The quantitative estimate of drug-likeness (QED) is 0.288. The number of hydrogen-bond acceptors (Lipinski definition) is 6. The Bertz CT molecular complexity index is 1050. The third-order valence-electron chi connectivity index (χ3n) is 5.41. The predicted octanol–water partition coefficient (Wildman–Crippen LogP) is 3.99. The van der Waals surface area contributed by atoms with Gasteiger partial charge in [0.2, 0.25) is 5.91 Å². The van der Waals surface area contributed by atoms with Crippen molar-refractivity contribution in [2.24, 2.45) is 0 Å². The van der Waals surface area contributed by atoms with Crippen LogP contribution in [0.3, 0.4) is 0 Å². The molecule has 8 nitrogen and oxygen atoms in total. The molecule has 0 saturated heterocycles. The number of esters is 1. The number of hydrogen-bond donors (Lipinski definition) is 1. The third kappa shape index (κ3) is 6.43. The Hall–Kier alpha value is -3.68. The summed E-state index contributed by atoms with van der Waals surface area (Å²) in [7, 11) is 0. The van der Waals surface area contributed by atoms with Gasteiger partial charge in [-0.3, -0.25) is 24.1 Å². The molecule has 0 fully saturated rings. The van der Waals surface area contributed by atoms with E-state index in [9.17, 15) is 19.2 Å². The number of anilines is 1. The summed E-state index contributed by atoms with van der Waals surface area (Å²) in [6.07, 6.45) is 3.08. The van der Waals surface area contributed by atoms with Crippen molar-refractivity contribution in [1.29, 1.82) is 0 Å². The number of nitrogens with one attached hydrogen (secondary N) is 1. The van der Waals surface area contributed by atoms with Gasteiger partial charge >= 0.3 is 5.97 Å². The molecule has 2 aromatic carbocycles. The highest BCUT2D eigenvalue weighted by atomic mass is 16.5. The van der Waals surface area contributed by atoms with Crippen LogP contribution in [0.4, 0.5) is 5.69 Å². The molecule has 34 heavy (non-hydrogen) atoms. The average Bonchev–Trinajstić information content (AvgIpc) is 3.03. The average molecular weight is 467 g/mol. The highest BCUT2D eigenvalue weighted by Crippen LogP contribution is 2.34. The molecule has 1 aliphatic heterocycles. The van der Waals surface area contributed by atoms with Crippen molar-refractivity contribution in [1.82, 2.24) is 4.90 Å². The normalized spacial score (nSPS) is 12.5. The van der Waals surface area contributed by atoms with Crippen LogP contribution in [0.5, 0.6) is 5.75 Å². The van der Waals surface area contributed by atoms with Gasteiger partial charge in [-0.15, -0.1) is 0 Å². The fourth-order valence-electron chi connectivity index (χ4n) is 3.80. The van der Waals surface area contributed by atoms with E-state index in [4.69, 9.17) is 9.47 Å². The molecule has 1 aliphatic rings. The van der Waals surface area contributed by atoms with Crippen molar-refractivity contribution < 1.29 is 28.7 Å². The molecule has 1 heterocycles. The zero-order valence-corrected chi connectivity index (χ0v) is 19.6. The minimum Gasteiger partial charge on any atom is -0.491 e. The Labute approximate surface area is 199 Å². The van der Waals surface area contributed by atoms with E-state index in [0.717, 1.165) is 24.2 Å². The molecule has 0 unspecified atom stereocenters. The second-order valence-electron chi connectivity index (χ2n) is 8.04. The SMILES string of the molecule is CCOC(=O)CCCN1C(=O)c2cc(NC(C)=O)c(OCCCCc3ccccc3)cc2C1=O. The molecule has 8 heteroatoms. The summed E-state index contributed by atoms with van der Waals surface area (Å²) in [5.41, 5.74) is 2.05. The van der Waals surface area contributed by atoms with Crippen LogP contribution in [0.2, 0.25) is 0 Å². The second-order valence-corrected chi connectivity index (χ2v) is 8.04. The third-order valence-corrected chi connectivity index (χ3v) is 5.41. The van der Waals surface area contributed by atoms with Gasteiger partial charge in [0.1, 0.15) is 5.75 Å². The summed E-state index contributed by atoms with van der Waals surface area (Å²) in [5.74, 6) is -1.22. The first kappa shape index (κ1) is 25.0. The number of aryl methyl sites for hydroxylation is 1. The molecule has 0 bridgehead atoms. The van der Waals surface area contributed by atoms with Crippen molar-refractivity contribution >= 4 is 29.4 Å². The number of rotatable bonds is 12. The molecule has 0 radical (unpaired) electrons. The zero-order valence-electron chi connectivity index (χ0n) is 19.6. The van der Waals surface area contributed by atoms with Crippen LogP contribution in [-0.4, -0.2) is 48.3 Å². The van der Waals surface area contributed by atoms with E-state index in [0.29, 0.717) is 24.5 Å². The number of fused-ring (bicyclic) bond motifs is 1. The van der Waals surface area contributed by atoms with Crippen LogP contribution in [0.25, 0.3) is 0 Å². The van der Waals surface area contributed by atoms with Gasteiger partial charge in [0.15, 0.2) is 0 Å². The van der Waals surface area contributed by atoms with Gasteiger partial charge < -0.3 is 14.8 Å². The summed E-state index contributed by atoms with van der Waals surface area (Å²) < 4.78 is 10.8. The highest BCUT2D eigenvalue weighted by molar-refractivity contribution is 6.22. The molecular formula is C26H30N2O6. The van der Waals surface area contributed by atoms with Crippen molar-refractivity contribution in [2.75, 3.05) is 25.1 Å². The Morgan fingerprint density at radius 1 is 0.971 bits per heavy atom. The maximum absolute atomic E-state index is 12.9. The lowest BCUT2D eigenvalue weighted by atomic mass is 10.1. The Kier molecular flexibility index (Phi) is 8.79. The molecule has 0 aliphatic carbocycles. The van der Waals surface area contributed by atoms with E-state index in [-0.39, 0.29) is 42.6 Å². The van der Waals surface area contributed by atoms with Crippen molar-refractivity contribution in [3.05, 3.63) is 59.2 Å². The summed E-state index contributed by atoms with van der Waals surface area (Å²) in [6, 6.07) is 13.2. The van der Waals surface area contributed by atoms with Gasteiger partial charge in [-0.05, 0) is 50.3 Å². The largest absolute Gasteiger partial charge is 0.491 e. The number of carbonyl (C=O) groups excluding carboxylic acids is 4. The lowest BCUT2D eigenvalue weighted by Crippen LogP contribution is -2.31. The van der Waals surface area contributed by atoms with Crippen molar-refractivity contribution in [2.45, 2.75) is 46.0 Å². The van der Waals surface area contributed by atoms with Gasteiger partial charge in [0.25, 0.3) is 11.8 Å². The minimum atomic E-state index is -0.454. The molecule has 0 saturated carbocycles. The van der Waals surface area contributed by atoms with Gasteiger partial charge in [-0.2, -0.15) is 0 Å². The summed E-state index contributed by atoms with van der Waals surface area (Å²) in [4.78, 5) is 50.1.